The van der Waals surface area contributed by atoms with Gasteiger partial charge in [0.2, 0.25) is 11.7 Å². The Morgan fingerprint density at radius 1 is 1.04 bits per heavy atom. The number of aryl methyl sites for hydroxylation is 2. The molecule has 0 aliphatic heterocycles. The SMILES string of the molecule is Cc1cc(C(=O)O[C@@H](C)C(=O)c2ccc(NC(=O)C(C)C)cc2)c(C)s1. The number of hydrogen-bond acceptors (Lipinski definition) is 5. The zero-order valence-corrected chi connectivity index (χ0v) is 16.4. The molecule has 138 valence electrons. The average molecular weight is 373 g/mol. The standard InChI is InChI=1S/C20H23NO4S/c1-11(2)19(23)21-16-8-6-15(7-9-16)18(22)13(4)25-20(24)17-10-12(3)26-14(17)5/h6-11,13H,1-5H3,(H,21,23)/t13-/m0/s1. The molecule has 2 aromatic rings. The second-order valence-electron chi connectivity index (χ2n) is 6.46. The Kier molecular flexibility index (Phi) is 6.32. The summed E-state index contributed by atoms with van der Waals surface area (Å²) < 4.78 is 5.32. The molecule has 0 fully saturated rings. The summed E-state index contributed by atoms with van der Waals surface area (Å²) in [7, 11) is 0. The van der Waals surface area contributed by atoms with Crippen LogP contribution in [0, 0.1) is 19.8 Å². The van der Waals surface area contributed by atoms with Crippen molar-refractivity contribution in [1.29, 1.82) is 0 Å². The summed E-state index contributed by atoms with van der Waals surface area (Å²) in [5, 5.41) is 2.76. The van der Waals surface area contributed by atoms with Crippen LogP contribution in [0.2, 0.25) is 0 Å². The minimum atomic E-state index is -0.891. The zero-order valence-electron chi connectivity index (χ0n) is 15.6. The molecule has 6 heteroatoms. The number of nitrogens with one attached hydrogen (secondary N) is 1. The fourth-order valence-corrected chi connectivity index (χ4v) is 3.26. The highest BCUT2D eigenvalue weighted by Crippen LogP contribution is 2.22. The van der Waals surface area contributed by atoms with E-state index in [1.165, 1.54) is 11.3 Å². The molecule has 0 bridgehead atoms. The first kappa shape index (κ1) is 19.8. The third kappa shape index (κ3) is 4.79. The first-order valence-corrected chi connectivity index (χ1v) is 9.24. The first-order chi connectivity index (χ1) is 12.2. The van der Waals surface area contributed by atoms with Crippen molar-refractivity contribution in [2.24, 2.45) is 5.92 Å². The Balaban J connectivity index is 2.02. The van der Waals surface area contributed by atoms with Gasteiger partial charge in [0.1, 0.15) is 0 Å². The second kappa shape index (κ2) is 8.27. The third-order valence-corrected chi connectivity index (χ3v) is 4.84. The molecule has 0 unspecified atom stereocenters. The minimum absolute atomic E-state index is 0.0900. The van der Waals surface area contributed by atoms with Crippen molar-refractivity contribution in [1.82, 2.24) is 0 Å². The summed E-state index contributed by atoms with van der Waals surface area (Å²) in [6.07, 6.45) is -0.891. The van der Waals surface area contributed by atoms with Crippen LogP contribution in [0.4, 0.5) is 5.69 Å². The summed E-state index contributed by atoms with van der Waals surface area (Å²) in [6.45, 7) is 8.94. The maximum atomic E-state index is 12.5. The first-order valence-electron chi connectivity index (χ1n) is 8.42. The van der Waals surface area contributed by atoms with Gasteiger partial charge in [-0.05, 0) is 51.1 Å². The van der Waals surface area contributed by atoms with Crippen LogP contribution >= 0.6 is 11.3 Å². The molecule has 1 aromatic heterocycles. The van der Waals surface area contributed by atoms with Gasteiger partial charge >= 0.3 is 5.97 Å². The van der Waals surface area contributed by atoms with Crippen LogP contribution in [0.3, 0.4) is 0 Å². The van der Waals surface area contributed by atoms with E-state index >= 15 is 0 Å². The minimum Gasteiger partial charge on any atom is -0.451 e. The molecule has 0 saturated heterocycles. The molecule has 1 heterocycles. The number of esters is 1. The van der Waals surface area contributed by atoms with E-state index in [2.05, 4.69) is 5.32 Å². The summed E-state index contributed by atoms with van der Waals surface area (Å²) in [6, 6.07) is 8.32. The zero-order chi connectivity index (χ0) is 19.4. The largest absolute Gasteiger partial charge is 0.451 e. The lowest BCUT2D eigenvalue weighted by Crippen LogP contribution is -2.24. The van der Waals surface area contributed by atoms with Crippen LogP contribution in [0.1, 0.15) is 51.2 Å². The molecule has 0 spiro atoms. The van der Waals surface area contributed by atoms with Crippen molar-refractivity contribution in [2.45, 2.75) is 40.7 Å². The Morgan fingerprint density at radius 3 is 2.15 bits per heavy atom. The third-order valence-electron chi connectivity index (χ3n) is 3.88. The van der Waals surface area contributed by atoms with Gasteiger partial charge in [-0.1, -0.05) is 13.8 Å². The average Bonchev–Trinajstić information content (AvgIpc) is 2.93. The fourth-order valence-electron chi connectivity index (χ4n) is 2.35. The maximum Gasteiger partial charge on any atom is 0.339 e. The Morgan fingerprint density at radius 2 is 1.65 bits per heavy atom. The maximum absolute atomic E-state index is 12.5. The highest BCUT2D eigenvalue weighted by molar-refractivity contribution is 7.12. The van der Waals surface area contributed by atoms with E-state index in [-0.39, 0.29) is 17.6 Å². The number of amides is 1. The van der Waals surface area contributed by atoms with E-state index in [9.17, 15) is 14.4 Å². The molecule has 1 aromatic carbocycles. The molecule has 1 amide bonds. The Labute approximate surface area is 157 Å². The van der Waals surface area contributed by atoms with E-state index in [0.717, 1.165) is 9.75 Å². The van der Waals surface area contributed by atoms with Crippen molar-refractivity contribution < 1.29 is 19.1 Å². The number of anilines is 1. The lowest BCUT2D eigenvalue weighted by molar-refractivity contribution is -0.118. The monoisotopic (exact) mass is 373 g/mol. The van der Waals surface area contributed by atoms with E-state index in [1.807, 2.05) is 13.8 Å². The summed E-state index contributed by atoms with van der Waals surface area (Å²) >= 11 is 1.52. The van der Waals surface area contributed by atoms with Gasteiger partial charge in [0, 0.05) is 26.9 Å². The number of Topliss-reactive ketones (excluding diaryl/α,β-unsaturated/α-hetero) is 1. The fraction of sp³-hybridized carbons (Fsp3) is 0.350. The number of hydrogen-bond donors (Lipinski definition) is 1. The molecule has 26 heavy (non-hydrogen) atoms. The second-order valence-corrected chi connectivity index (χ2v) is 7.92. The van der Waals surface area contributed by atoms with Crippen LogP contribution in [-0.4, -0.2) is 23.8 Å². The van der Waals surface area contributed by atoms with Gasteiger partial charge in [0.25, 0.3) is 0 Å². The summed E-state index contributed by atoms with van der Waals surface area (Å²) in [5.41, 5.74) is 1.54. The van der Waals surface area contributed by atoms with Gasteiger partial charge in [-0.15, -0.1) is 11.3 Å². The van der Waals surface area contributed by atoms with E-state index < -0.39 is 12.1 Å². The highest BCUT2D eigenvalue weighted by Gasteiger charge is 2.22. The molecular weight excluding hydrogens is 350 g/mol. The molecule has 0 aliphatic rings. The van der Waals surface area contributed by atoms with Gasteiger partial charge in [0.15, 0.2) is 6.10 Å². The number of carbonyl (C=O) groups is 3. The van der Waals surface area contributed by atoms with Crippen molar-refractivity contribution in [2.75, 3.05) is 5.32 Å². The van der Waals surface area contributed by atoms with Crippen molar-refractivity contribution in [3.63, 3.8) is 0 Å². The van der Waals surface area contributed by atoms with Crippen LogP contribution < -0.4 is 5.32 Å². The van der Waals surface area contributed by atoms with Crippen molar-refractivity contribution in [3.8, 4) is 0 Å². The van der Waals surface area contributed by atoms with Gasteiger partial charge < -0.3 is 10.1 Å². The molecule has 0 aliphatic carbocycles. The molecule has 0 saturated carbocycles. The quantitative estimate of drug-likeness (QED) is 0.602. The molecule has 2 rings (SSSR count). The predicted octanol–water partition coefficient (Wildman–Crippen LogP) is 4.39. The van der Waals surface area contributed by atoms with Crippen LogP contribution in [0.15, 0.2) is 30.3 Å². The molecule has 5 nitrogen and oxygen atoms in total. The lowest BCUT2D eigenvalue weighted by Gasteiger charge is -2.13. The molecule has 1 atom stereocenters. The van der Waals surface area contributed by atoms with Crippen LogP contribution in [-0.2, 0) is 9.53 Å². The smallest absolute Gasteiger partial charge is 0.339 e. The molecular formula is C20H23NO4S. The number of rotatable bonds is 6. The molecule has 1 N–H and O–H groups in total. The van der Waals surface area contributed by atoms with Gasteiger partial charge in [-0.3, -0.25) is 9.59 Å². The van der Waals surface area contributed by atoms with E-state index in [1.54, 1.807) is 51.1 Å². The van der Waals surface area contributed by atoms with Crippen molar-refractivity contribution >= 4 is 34.7 Å². The van der Waals surface area contributed by atoms with Crippen LogP contribution in [0.5, 0.6) is 0 Å². The predicted molar refractivity (Wildman–Crippen MR) is 103 cm³/mol. The van der Waals surface area contributed by atoms with Gasteiger partial charge in [-0.2, -0.15) is 0 Å². The lowest BCUT2D eigenvalue weighted by atomic mass is 10.1. The Bertz CT molecular complexity index is 821. The highest BCUT2D eigenvalue weighted by atomic mass is 32.1. The summed E-state index contributed by atoms with van der Waals surface area (Å²) in [5.74, 6) is -0.994. The van der Waals surface area contributed by atoms with Gasteiger partial charge in [-0.25, -0.2) is 4.79 Å². The van der Waals surface area contributed by atoms with E-state index in [4.69, 9.17) is 4.74 Å². The number of carbonyl (C=O) groups excluding carboxylic acids is 3. The number of ketones is 1. The number of benzene rings is 1. The number of thiophene rings is 1. The number of ether oxygens (including phenoxy) is 1. The normalized spacial score (nSPS) is 11.9. The van der Waals surface area contributed by atoms with Gasteiger partial charge in [0.05, 0.1) is 5.56 Å². The Hall–Kier alpha value is -2.47. The van der Waals surface area contributed by atoms with Crippen molar-refractivity contribution in [3.05, 3.63) is 51.2 Å². The summed E-state index contributed by atoms with van der Waals surface area (Å²) in [4.78, 5) is 38.3. The van der Waals surface area contributed by atoms with Crippen LogP contribution in [0.25, 0.3) is 0 Å². The topological polar surface area (TPSA) is 72.5 Å². The van der Waals surface area contributed by atoms with E-state index in [0.29, 0.717) is 16.8 Å². The molecule has 0 radical (unpaired) electrons.